The van der Waals surface area contributed by atoms with Gasteiger partial charge in [0, 0.05) is 6.54 Å². The summed E-state index contributed by atoms with van der Waals surface area (Å²) in [5.74, 6) is -0.296. The van der Waals surface area contributed by atoms with Crippen LogP contribution >= 0.6 is 0 Å². The lowest BCUT2D eigenvalue weighted by atomic mass is 9.86. The van der Waals surface area contributed by atoms with Crippen LogP contribution in [0.2, 0.25) is 0 Å². The fourth-order valence-corrected chi connectivity index (χ4v) is 2.41. The summed E-state index contributed by atoms with van der Waals surface area (Å²) >= 11 is 0. The van der Waals surface area contributed by atoms with Gasteiger partial charge in [0.15, 0.2) is 0 Å². The van der Waals surface area contributed by atoms with Gasteiger partial charge in [-0.1, -0.05) is 26.8 Å². The van der Waals surface area contributed by atoms with E-state index in [4.69, 9.17) is 4.74 Å². The minimum atomic E-state index is -4.53. The van der Waals surface area contributed by atoms with Gasteiger partial charge in [-0.3, -0.25) is 0 Å². The van der Waals surface area contributed by atoms with E-state index in [0.717, 1.165) is 6.07 Å². The van der Waals surface area contributed by atoms with Crippen LogP contribution in [0.25, 0.3) is 0 Å². The highest BCUT2D eigenvalue weighted by atomic mass is 19.4. The Kier molecular flexibility index (Phi) is 4.70. The quantitative estimate of drug-likeness (QED) is 0.829. The highest BCUT2D eigenvalue weighted by Gasteiger charge is 2.37. The Morgan fingerprint density at radius 3 is 2.41 bits per heavy atom. The Balaban J connectivity index is 2.34. The molecule has 0 aliphatic carbocycles. The van der Waals surface area contributed by atoms with E-state index in [9.17, 15) is 17.6 Å². The number of alkyl halides is 4. The van der Waals surface area contributed by atoms with Crippen LogP contribution in [0.5, 0.6) is 5.75 Å². The molecule has 1 fully saturated rings. The van der Waals surface area contributed by atoms with Crippen LogP contribution in [0.3, 0.4) is 0 Å². The van der Waals surface area contributed by atoms with Gasteiger partial charge in [0.1, 0.15) is 18.0 Å². The SMILES string of the molecule is CC(C)(C)c1ccc(OC2CCNC[C@H]2F)c(C(F)(F)F)c1. The highest BCUT2D eigenvalue weighted by molar-refractivity contribution is 5.41. The summed E-state index contributed by atoms with van der Waals surface area (Å²) in [4.78, 5) is 0. The fraction of sp³-hybridized carbons (Fsp3) is 0.625. The van der Waals surface area contributed by atoms with E-state index in [0.29, 0.717) is 18.5 Å². The maximum absolute atomic E-state index is 13.8. The minimum absolute atomic E-state index is 0.103. The van der Waals surface area contributed by atoms with Crippen molar-refractivity contribution in [2.24, 2.45) is 0 Å². The van der Waals surface area contributed by atoms with Gasteiger partial charge >= 0.3 is 6.18 Å². The number of ether oxygens (including phenoxy) is 1. The molecule has 1 aliphatic heterocycles. The third kappa shape index (κ3) is 3.91. The fourth-order valence-electron chi connectivity index (χ4n) is 2.41. The number of benzene rings is 1. The number of hydrogen-bond acceptors (Lipinski definition) is 2. The molecule has 0 aromatic heterocycles. The van der Waals surface area contributed by atoms with Crippen LogP contribution in [-0.2, 0) is 11.6 Å². The Hall–Kier alpha value is -1.30. The molecule has 0 radical (unpaired) electrons. The summed E-state index contributed by atoms with van der Waals surface area (Å²) in [6, 6.07) is 4.01. The van der Waals surface area contributed by atoms with E-state index < -0.39 is 29.4 Å². The molecule has 2 rings (SSSR count). The van der Waals surface area contributed by atoms with Crippen molar-refractivity contribution in [3.05, 3.63) is 29.3 Å². The Morgan fingerprint density at radius 2 is 1.86 bits per heavy atom. The van der Waals surface area contributed by atoms with Crippen molar-refractivity contribution in [2.75, 3.05) is 13.1 Å². The molecule has 0 bridgehead atoms. The summed E-state index contributed by atoms with van der Waals surface area (Å²) in [6.45, 7) is 6.16. The second kappa shape index (κ2) is 6.07. The molecule has 1 heterocycles. The third-order valence-electron chi connectivity index (χ3n) is 3.78. The topological polar surface area (TPSA) is 21.3 Å². The van der Waals surface area contributed by atoms with Crippen LogP contribution in [0.15, 0.2) is 18.2 Å². The molecular formula is C16H21F4NO. The number of nitrogens with one attached hydrogen (secondary N) is 1. The van der Waals surface area contributed by atoms with Crippen molar-refractivity contribution in [3.63, 3.8) is 0 Å². The zero-order chi connectivity index (χ0) is 16.5. The van der Waals surface area contributed by atoms with E-state index in [1.165, 1.54) is 6.07 Å². The summed E-state index contributed by atoms with van der Waals surface area (Å²) < 4.78 is 59.0. The first kappa shape index (κ1) is 17.1. The van der Waals surface area contributed by atoms with Gasteiger partial charge in [0.2, 0.25) is 0 Å². The zero-order valence-electron chi connectivity index (χ0n) is 12.9. The van der Waals surface area contributed by atoms with Crippen LogP contribution in [0.1, 0.15) is 38.3 Å². The van der Waals surface area contributed by atoms with Gasteiger partial charge < -0.3 is 10.1 Å². The molecule has 1 aliphatic rings. The number of hydrogen-bond donors (Lipinski definition) is 1. The van der Waals surface area contributed by atoms with Gasteiger partial charge in [0.25, 0.3) is 0 Å². The summed E-state index contributed by atoms with van der Waals surface area (Å²) in [5, 5.41) is 2.85. The molecule has 6 heteroatoms. The minimum Gasteiger partial charge on any atom is -0.487 e. The molecule has 0 amide bonds. The Morgan fingerprint density at radius 1 is 1.18 bits per heavy atom. The average Bonchev–Trinajstić information content (AvgIpc) is 2.39. The van der Waals surface area contributed by atoms with Crippen molar-refractivity contribution < 1.29 is 22.3 Å². The highest BCUT2D eigenvalue weighted by Crippen LogP contribution is 2.39. The van der Waals surface area contributed by atoms with E-state index in [2.05, 4.69) is 5.32 Å². The largest absolute Gasteiger partial charge is 0.487 e. The number of piperidine rings is 1. The first-order chi connectivity index (χ1) is 10.1. The van der Waals surface area contributed by atoms with Gasteiger partial charge in [-0.25, -0.2) is 4.39 Å². The molecular weight excluding hydrogens is 298 g/mol. The number of rotatable bonds is 2. The molecule has 1 aromatic carbocycles. The van der Waals surface area contributed by atoms with E-state index in [-0.39, 0.29) is 12.3 Å². The van der Waals surface area contributed by atoms with E-state index >= 15 is 0 Å². The zero-order valence-corrected chi connectivity index (χ0v) is 12.9. The lowest BCUT2D eigenvalue weighted by Crippen LogP contribution is -2.44. The Bertz CT molecular complexity index is 522. The number of halogens is 4. The maximum Gasteiger partial charge on any atom is 0.419 e. The molecule has 1 N–H and O–H groups in total. The van der Waals surface area contributed by atoms with Crippen LogP contribution in [0.4, 0.5) is 17.6 Å². The van der Waals surface area contributed by atoms with Crippen LogP contribution < -0.4 is 10.1 Å². The maximum atomic E-state index is 13.8. The summed E-state index contributed by atoms with van der Waals surface area (Å²) in [7, 11) is 0. The van der Waals surface area contributed by atoms with E-state index in [1.807, 2.05) is 20.8 Å². The Labute approximate surface area is 127 Å². The molecule has 0 saturated carbocycles. The molecule has 22 heavy (non-hydrogen) atoms. The van der Waals surface area contributed by atoms with Crippen molar-refractivity contribution in [1.82, 2.24) is 5.32 Å². The third-order valence-corrected chi connectivity index (χ3v) is 3.78. The van der Waals surface area contributed by atoms with Gasteiger partial charge in [0.05, 0.1) is 5.56 Å². The van der Waals surface area contributed by atoms with Gasteiger partial charge in [-0.15, -0.1) is 0 Å². The molecule has 2 atom stereocenters. The molecule has 1 saturated heterocycles. The smallest absolute Gasteiger partial charge is 0.419 e. The molecule has 1 unspecified atom stereocenters. The van der Waals surface area contributed by atoms with E-state index in [1.54, 1.807) is 6.07 Å². The monoisotopic (exact) mass is 319 g/mol. The molecule has 1 aromatic rings. The van der Waals surface area contributed by atoms with Crippen molar-refractivity contribution >= 4 is 0 Å². The first-order valence-corrected chi connectivity index (χ1v) is 7.32. The predicted octanol–water partition coefficient (Wildman–Crippen LogP) is 4.08. The molecule has 2 nitrogen and oxygen atoms in total. The second-order valence-corrected chi connectivity index (χ2v) is 6.62. The van der Waals surface area contributed by atoms with Crippen LogP contribution in [-0.4, -0.2) is 25.4 Å². The molecule has 124 valence electrons. The molecule has 0 spiro atoms. The summed E-state index contributed by atoms with van der Waals surface area (Å²) in [6.07, 6.45) is -6.34. The lowest BCUT2D eigenvalue weighted by molar-refractivity contribution is -0.139. The van der Waals surface area contributed by atoms with Crippen molar-refractivity contribution in [1.29, 1.82) is 0 Å². The first-order valence-electron chi connectivity index (χ1n) is 7.32. The van der Waals surface area contributed by atoms with Crippen molar-refractivity contribution in [2.45, 2.75) is 51.1 Å². The predicted molar refractivity (Wildman–Crippen MR) is 76.9 cm³/mol. The average molecular weight is 319 g/mol. The summed E-state index contributed by atoms with van der Waals surface area (Å²) in [5.41, 5.74) is -0.685. The van der Waals surface area contributed by atoms with Gasteiger partial charge in [-0.05, 0) is 36.1 Å². The van der Waals surface area contributed by atoms with Gasteiger partial charge in [-0.2, -0.15) is 13.2 Å². The lowest BCUT2D eigenvalue weighted by Gasteiger charge is -2.29. The van der Waals surface area contributed by atoms with Crippen molar-refractivity contribution in [3.8, 4) is 5.75 Å². The standard InChI is InChI=1S/C16H21F4NO/c1-15(2,3)10-4-5-13(11(8-10)16(18,19)20)22-14-6-7-21-9-12(14)17/h4-5,8,12,14,21H,6-7,9H2,1-3H3/t12-,14?/m1/s1. The second-order valence-electron chi connectivity index (χ2n) is 6.62. The van der Waals surface area contributed by atoms with Crippen LogP contribution in [0, 0.1) is 0 Å². The normalized spacial score (nSPS) is 23.4.